The highest BCUT2D eigenvalue weighted by Crippen LogP contribution is 2.35. The number of carbonyl (C=O) groups is 1. The van der Waals surface area contributed by atoms with Crippen molar-refractivity contribution < 1.29 is 14.3 Å². The maximum atomic E-state index is 12.9. The van der Waals surface area contributed by atoms with E-state index < -0.39 is 0 Å². The van der Waals surface area contributed by atoms with Crippen LogP contribution in [0.15, 0.2) is 42.5 Å². The molecule has 0 atom stereocenters. The number of rotatable bonds is 2. The van der Waals surface area contributed by atoms with Crippen LogP contribution in [0.1, 0.15) is 17.5 Å². The first-order valence-electron chi connectivity index (χ1n) is 7.01. The van der Waals surface area contributed by atoms with Gasteiger partial charge in [0.15, 0.2) is 0 Å². The molecule has 0 saturated heterocycles. The van der Waals surface area contributed by atoms with E-state index in [2.05, 4.69) is 0 Å². The van der Waals surface area contributed by atoms with Gasteiger partial charge in [-0.1, -0.05) is 24.3 Å². The fraction of sp³-hybridized carbons (Fsp3) is 0.235. The Hall–Kier alpha value is -2.36. The van der Waals surface area contributed by atoms with Gasteiger partial charge in [-0.25, -0.2) is 4.39 Å². The molecule has 3 rings (SSSR count). The van der Waals surface area contributed by atoms with Gasteiger partial charge in [0.1, 0.15) is 11.6 Å². The molecule has 2 aromatic rings. The van der Waals surface area contributed by atoms with E-state index in [4.69, 9.17) is 0 Å². The highest BCUT2D eigenvalue weighted by atomic mass is 19.1. The Morgan fingerprint density at radius 1 is 1.19 bits per heavy atom. The van der Waals surface area contributed by atoms with Crippen molar-refractivity contribution >= 4 is 11.6 Å². The summed E-state index contributed by atoms with van der Waals surface area (Å²) in [6, 6.07) is 11.3. The minimum absolute atomic E-state index is 0.0796. The molecule has 0 unspecified atom stereocenters. The van der Waals surface area contributed by atoms with E-state index in [0.717, 1.165) is 24.0 Å². The standard InChI is InChI=1S/C17H16FNO2/c18-14-8-6-12(7-9-14)11-16(21)19-10-2-4-13-3-1-5-15(20)17(13)19/h1,3,5-9,20H,2,4,10-11H2. The van der Waals surface area contributed by atoms with Crippen molar-refractivity contribution in [3.8, 4) is 5.75 Å². The predicted molar refractivity (Wildman–Crippen MR) is 78.9 cm³/mol. The number of benzene rings is 2. The minimum Gasteiger partial charge on any atom is -0.506 e. The molecule has 0 spiro atoms. The van der Waals surface area contributed by atoms with Gasteiger partial charge < -0.3 is 10.0 Å². The molecule has 1 N–H and O–H groups in total. The summed E-state index contributed by atoms with van der Waals surface area (Å²) in [6.07, 6.45) is 1.95. The van der Waals surface area contributed by atoms with Crippen LogP contribution in [0.25, 0.3) is 0 Å². The zero-order chi connectivity index (χ0) is 14.8. The number of phenolic OH excluding ortho intramolecular Hbond substituents is 1. The molecule has 2 aromatic carbocycles. The normalized spacial score (nSPS) is 13.9. The van der Waals surface area contributed by atoms with Gasteiger partial charge in [0, 0.05) is 6.54 Å². The summed E-state index contributed by atoms with van der Waals surface area (Å²) in [5.74, 6) is -0.254. The summed E-state index contributed by atoms with van der Waals surface area (Å²) < 4.78 is 12.9. The first kappa shape index (κ1) is 13.6. The second-order valence-electron chi connectivity index (χ2n) is 5.24. The number of hydrogen-bond donors (Lipinski definition) is 1. The van der Waals surface area contributed by atoms with Gasteiger partial charge in [0.2, 0.25) is 5.91 Å². The molecular formula is C17H16FNO2. The number of fused-ring (bicyclic) bond motifs is 1. The number of hydrogen-bond acceptors (Lipinski definition) is 2. The fourth-order valence-electron chi connectivity index (χ4n) is 2.75. The quantitative estimate of drug-likeness (QED) is 0.921. The Balaban J connectivity index is 1.85. The van der Waals surface area contributed by atoms with Crippen molar-refractivity contribution in [3.63, 3.8) is 0 Å². The van der Waals surface area contributed by atoms with Gasteiger partial charge >= 0.3 is 0 Å². The molecule has 3 nitrogen and oxygen atoms in total. The second kappa shape index (κ2) is 5.56. The van der Waals surface area contributed by atoms with Crippen LogP contribution in [0.4, 0.5) is 10.1 Å². The lowest BCUT2D eigenvalue weighted by Crippen LogP contribution is -2.36. The van der Waals surface area contributed by atoms with E-state index in [1.54, 1.807) is 29.2 Å². The fourth-order valence-corrected chi connectivity index (χ4v) is 2.75. The van der Waals surface area contributed by atoms with E-state index in [1.165, 1.54) is 12.1 Å². The Kier molecular flexibility index (Phi) is 3.60. The molecule has 1 aliphatic rings. The molecule has 1 aliphatic heterocycles. The van der Waals surface area contributed by atoms with E-state index in [9.17, 15) is 14.3 Å². The number of phenols is 1. The summed E-state index contributed by atoms with van der Waals surface area (Å²) in [6.45, 7) is 0.602. The van der Waals surface area contributed by atoms with E-state index >= 15 is 0 Å². The number of carbonyl (C=O) groups excluding carboxylic acids is 1. The number of anilines is 1. The number of amides is 1. The topological polar surface area (TPSA) is 40.5 Å². The Bertz CT molecular complexity index is 667. The molecule has 0 radical (unpaired) electrons. The molecule has 1 heterocycles. The van der Waals surface area contributed by atoms with Crippen LogP contribution in [0.3, 0.4) is 0 Å². The van der Waals surface area contributed by atoms with Crippen LogP contribution in [-0.2, 0) is 17.6 Å². The molecule has 0 aliphatic carbocycles. The predicted octanol–water partition coefficient (Wildman–Crippen LogP) is 3.05. The van der Waals surface area contributed by atoms with Gasteiger partial charge in [0.05, 0.1) is 12.1 Å². The highest BCUT2D eigenvalue weighted by molar-refractivity contribution is 5.97. The van der Waals surface area contributed by atoms with Crippen LogP contribution < -0.4 is 4.90 Å². The third-order valence-corrected chi connectivity index (χ3v) is 3.77. The van der Waals surface area contributed by atoms with Crippen molar-refractivity contribution in [1.82, 2.24) is 0 Å². The van der Waals surface area contributed by atoms with Crippen LogP contribution >= 0.6 is 0 Å². The SMILES string of the molecule is O=C(Cc1ccc(F)cc1)N1CCCc2cccc(O)c21. The largest absolute Gasteiger partial charge is 0.506 e. The van der Waals surface area contributed by atoms with Crippen LogP contribution in [0.2, 0.25) is 0 Å². The first-order valence-corrected chi connectivity index (χ1v) is 7.01. The average molecular weight is 285 g/mol. The summed E-state index contributed by atoms with van der Waals surface area (Å²) in [5.41, 5.74) is 2.38. The third-order valence-electron chi connectivity index (χ3n) is 3.77. The van der Waals surface area contributed by atoms with Crippen LogP contribution in [-0.4, -0.2) is 17.6 Å². The van der Waals surface area contributed by atoms with Gasteiger partial charge in [-0.3, -0.25) is 4.79 Å². The van der Waals surface area contributed by atoms with Crippen LogP contribution in [0.5, 0.6) is 5.75 Å². The zero-order valence-corrected chi connectivity index (χ0v) is 11.6. The molecule has 0 fully saturated rings. The van der Waals surface area contributed by atoms with Crippen molar-refractivity contribution in [1.29, 1.82) is 0 Å². The van der Waals surface area contributed by atoms with E-state index in [-0.39, 0.29) is 23.9 Å². The molecule has 4 heteroatoms. The molecule has 21 heavy (non-hydrogen) atoms. The van der Waals surface area contributed by atoms with Crippen molar-refractivity contribution in [2.75, 3.05) is 11.4 Å². The van der Waals surface area contributed by atoms with Crippen LogP contribution in [0, 0.1) is 5.82 Å². The van der Waals surface area contributed by atoms with Crippen molar-refractivity contribution in [2.24, 2.45) is 0 Å². The van der Waals surface area contributed by atoms with E-state index in [1.807, 2.05) is 6.07 Å². The lowest BCUT2D eigenvalue weighted by atomic mass is 10.00. The summed E-state index contributed by atoms with van der Waals surface area (Å²) >= 11 is 0. The van der Waals surface area contributed by atoms with Gasteiger partial charge in [-0.05, 0) is 42.2 Å². The smallest absolute Gasteiger partial charge is 0.231 e. The maximum absolute atomic E-state index is 12.9. The van der Waals surface area contributed by atoms with E-state index in [0.29, 0.717) is 12.2 Å². The molecular weight excluding hydrogens is 269 g/mol. The second-order valence-corrected chi connectivity index (χ2v) is 5.24. The van der Waals surface area contributed by atoms with Crippen molar-refractivity contribution in [3.05, 3.63) is 59.4 Å². The summed E-state index contributed by atoms with van der Waals surface area (Å²) in [5, 5.41) is 10.0. The number of halogens is 1. The Morgan fingerprint density at radius 2 is 1.95 bits per heavy atom. The summed E-state index contributed by atoms with van der Waals surface area (Å²) in [7, 11) is 0. The minimum atomic E-state index is -0.313. The van der Waals surface area contributed by atoms with Gasteiger partial charge in [-0.15, -0.1) is 0 Å². The van der Waals surface area contributed by atoms with Gasteiger partial charge in [-0.2, -0.15) is 0 Å². The van der Waals surface area contributed by atoms with Crippen molar-refractivity contribution in [2.45, 2.75) is 19.3 Å². The lowest BCUT2D eigenvalue weighted by molar-refractivity contribution is -0.118. The number of aromatic hydroxyl groups is 1. The average Bonchev–Trinajstić information content (AvgIpc) is 2.49. The Morgan fingerprint density at radius 3 is 2.71 bits per heavy atom. The number of nitrogens with zero attached hydrogens (tertiary/aromatic N) is 1. The Labute approximate surface area is 122 Å². The number of para-hydroxylation sites is 1. The monoisotopic (exact) mass is 285 g/mol. The lowest BCUT2D eigenvalue weighted by Gasteiger charge is -2.30. The molecule has 0 bridgehead atoms. The third kappa shape index (κ3) is 2.75. The number of aryl methyl sites for hydroxylation is 1. The molecule has 1 amide bonds. The molecule has 0 aromatic heterocycles. The first-order chi connectivity index (χ1) is 10.1. The molecule has 0 saturated carbocycles. The maximum Gasteiger partial charge on any atom is 0.231 e. The molecule has 108 valence electrons. The van der Waals surface area contributed by atoms with Gasteiger partial charge in [0.25, 0.3) is 0 Å². The summed E-state index contributed by atoms with van der Waals surface area (Å²) in [4.78, 5) is 14.1. The highest BCUT2D eigenvalue weighted by Gasteiger charge is 2.25. The zero-order valence-electron chi connectivity index (χ0n) is 11.6.